The average molecular weight is 518 g/mol. The Balaban J connectivity index is 1.50. The molecule has 4 rings (SSSR count). The molecule has 3 amide bonds. The Morgan fingerprint density at radius 1 is 0.865 bits per heavy atom. The number of ether oxygens (including phenoxy) is 2. The largest absolute Gasteiger partial charge is 0.497 e. The van der Waals surface area contributed by atoms with Crippen LogP contribution >= 0.6 is 11.8 Å². The molecule has 0 saturated carbocycles. The molecule has 0 saturated heterocycles. The maximum absolute atomic E-state index is 13.2. The summed E-state index contributed by atoms with van der Waals surface area (Å²) >= 11 is 1.21. The number of anilines is 2. The molecule has 3 aromatic rings. The molecule has 0 spiro atoms. The van der Waals surface area contributed by atoms with Crippen LogP contribution in [0.25, 0.3) is 0 Å². The van der Waals surface area contributed by atoms with Gasteiger partial charge in [0.1, 0.15) is 16.4 Å². The third-order valence-corrected chi connectivity index (χ3v) is 6.67. The van der Waals surface area contributed by atoms with E-state index in [1.807, 2.05) is 30.3 Å². The molecule has 0 aromatic heterocycles. The number of thioether (sulfide) groups is 1. The van der Waals surface area contributed by atoms with Crippen LogP contribution in [-0.2, 0) is 14.3 Å². The Hall–Kier alpha value is -4.08. The summed E-state index contributed by atoms with van der Waals surface area (Å²) in [5.74, 6) is -0.286. The number of carbonyl (C=O) groups is 3. The first-order valence-electron chi connectivity index (χ1n) is 11.6. The summed E-state index contributed by atoms with van der Waals surface area (Å²) in [5, 5.41) is 5.98. The molecule has 3 aromatic carbocycles. The Kier molecular flexibility index (Phi) is 8.60. The van der Waals surface area contributed by atoms with Crippen molar-refractivity contribution in [2.24, 2.45) is 0 Å². The molecule has 0 aliphatic carbocycles. The van der Waals surface area contributed by atoms with Crippen molar-refractivity contribution in [3.05, 3.63) is 95.0 Å². The van der Waals surface area contributed by atoms with E-state index in [1.54, 1.807) is 62.8 Å². The number of nitrogens with zero attached hydrogens (tertiary/aromatic N) is 1. The molecule has 0 radical (unpaired) electrons. The van der Waals surface area contributed by atoms with E-state index >= 15 is 0 Å². The summed E-state index contributed by atoms with van der Waals surface area (Å²) in [6.07, 6.45) is 0.549. The predicted octanol–water partition coefficient (Wildman–Crippen LogP) is 4.77. The molecule has 190 valence electrons. The topological polar surface area (TPSA) is 97.0 Å². The van der Waals surface area contributed by atoms with Crippen molar-refractivity contribution in [1.82, 2.24) is 4.90 Å². The van der Waals surface area contributed by atoms with E-state index in [0.29, 0.717) is 40.6 Å². The minimum Gasteiger partial charge on any atom is -0.497 e. The highest BCUT2D eigenvalue weighted by molar-refractivity contribution is 8.04. The highest BCUT2D eigenvalue weighted by Crippen LogP contribution is 2.36. The van der Waals surface area contributed by atoms with Crippen LogP contribution in [0.15, 0.2) is 94.4 Å². The molecular weight excluding hydrogens is 490 g/mol. The van der Waals surface area contributed by atoms with Crippen molar-refractivity contribution in [2.75, 3.05) is 38.0 Å². The van der Waals surface area contributed by atoms with Gasteiger partial charge in [-0.15, -0.1) is 0 Å². The number of carbonyl (C=O) groups excluding carboxylic acids is 3. The Bertz CT molecular complexity index is 1290. The summed E-state index contributed by atoms with van der Waals surface area (Å²) in [6.45, 7) is 0.719. The SMILES string of the molecule is COCCCN1C(=O)C(Nc2ccccc2)=C(Sc2ccc(NC(=O)c3ccc(OC)cc3)cc2)C1=O. The third-order valence-electron chi connectivity index (χ3n) is 5.58. The number of nitrogens with one attached hydrogen (secondary N) is 2. The molecule has 2 N–H and O–H groups in total. The van der Waals surface area contributed by atoms with E-state index in [1.165, 1.54) is 16.7 Å². The number of hydrogen-bond donors (Lipinski definition) is 2. The molecule has 37 heavy (non-hydrogen) atoms. The van der Waals surface area contributed by atoms with Crippen LogP contribution in [0.1, 0.15) is 16.8 Å². The first-order valence-corrected chi connectivity index (χ1v) is 12.5. The molecule has 0 fully saturated rings. The van der Waals surface area contributed by atoms with Crippen LogP contribution in [0.2, 0.25) is 0 Å². The van der Waals surface area contributed by atoms with Crippen molar-refractivity contribution < 1.29 is 23.9 Å². The van der Waals surface area contributed by atoms with Gasteiger partial charge in [0.05, 0.1) is 7.11 Å². The Morgan fingerprint density at radius 3 is 2.22 bits per heavy atom. The minimum atomic E-state index is -0.365. The smallest absolute Gasteiger partial charge is 0.278 e. The monoisotopic (exact) mass is 517 g/mol. The number of rotatable bonds is 11. The zero-order chi connectivity index (χ0) is 26.2. The van der Waals surface area contributed by atoms with Gasteiger partial charge in [-0.05, 0) is 67.1 Å². The molecule has 0 bridgehead atoms. The van der Waals surface area contributed by atoms with E-state index < -0.39 is 0 Å². The molecule has 1 aliphatic rings. The normalized spacial score (nSPS) is 13.2. The zero-order valence-corrected chi connectivity index (χ0v) is 21.3. The zero-order valence-electron chi connectivity index (χ0n) is 20.5. The fraction of sp³-hybridized carbons (Fsp3) is 0.179. The highest BCUT2D eigenvalue weighted by atomic mass is 32.2. The summed E-state index contributed by atoms with van der Waals surface area (Å²) in [5.41, 5.74) is 2.07. The summed E-state index contributed by atoms with van der Waals surface area (Å²) in [7, 11) is 3.15. The first-order chi connectivity index (χ1) is 18.0. The van der Waals surface area contributed by atoms with Crippen molar-refractivity contribution in [3.63, 3.8) is 0 Å². The lowest BCUT2D eigenvalue weighted by Crippen LogP contribution is -2.33. The number of hydrogen-bond acceptors (Lipinski definition) is 7. The standard InChI is InChI=1S/C28H27N3O5S/c1-35-18-6-17-31-27(33)24(29-20-7-4-3-5-8-20)25(28(31)34)37-23-15-11-21(12-16-23)30-26(32)19-9-13-22(36-2)14-10-19/h3-5,7-16,29H,6,17-18H2,1-2H3,(H,30,32). The Morgan fingerprint density at radius 2 is 1.57 bits per heavy atom. The summed E-state index contributed by atoms with van der Waals surface area (Å²) in [4.78, 5) is 41.2. The fourth-order valence-corrected chi connectivity index (χ4v) is 4.61. The number of para-hydroxylation sites is 1. The van der Waals surface area contributed by atoms with Gasteiger partial charge in [0, 0.05) is 42.1 Å². The second-order valence-corrected chi connectivity index (χ2v) is 9.20. The number of imide groups is 1. The van der Waals surface area contributed by atoms with Crippen molar-refractivity contribution in [2.45, 2.75) is 11.3 Å². The third kappa shape index (κ3) is 6.38. The first kappa shape index (κ1) is 26.0. The highest BCUT2D eigenvalue weighted by Gasteiger charge is 2.38. The molecule has 0 unspecified atom stereocenters. The van der Waals surface area contributed by atoms with Crippen LogP contribution in [0.4, 0.5) is 11.4 Å². The van der Waals surface area contributed by atoms with Crippen LogP contribution < -0.4 is 15.4 Å². The van der Waals surface area contributed by atoms with E-state index in [9.17, 15) is 14.4 Å². The number of benzene rings is 3. The minimum absolute atomic E-state index is 0.246. The van der Waals surface area contributed by atoms with Gasteiger partial charge in [0.2, 0.25) is 0 Å². The predicted molar refractivity (Wildman–Crippen MR) is 144 cm³/mol. The van der Waals surface area contributed by atoms with Crippen LogP contribution in [0.5, 0.6) is 5.75 Å². The number of amides is 3. The quantitative estimate of drug-likeness (QED) is 0.279. The van der Waals surface area contributed by atoms with Gasteiger partial charge in [-0.25, -0.2) is 0 Å². The van der Waals surface area contributed by atoms with E-state index in [0.717, 1.165) is 4.90 Å². The second-order valence-electron chi connectivity index (χ2n) is 8.11. The summed E-state index contributed by atoms with van der Waals surface area (Å²) in [6, 6.07) is 23.2. The maximum atomic E-state index is 13.2. The molecule has 8 nitrogen and oxygen atoms in total. The van der Waals surface area contributed by atoms with Gasteiger partial charge >= 0.3 is 0 Å². The van der Waals surface area contributed by atoms with Crippen molar-refractivity contribution in [3.8, 4) is 5.75 Å². The molecule has 1 heterocycles. The average Bonchev–Trinajstić information content (AvgIpc) is 3.14. The van der Waals surface area contributed by atoms with Gasteiger partial charge in [0.25, 0.3) is 17.7 Å². The van der Waals surface area contributed by atoms with Crippen molar-refractivity contribution in [1.29, 1.82) is 0 Å². The number of methoxy groups -OCH3 is 2. The maximum Gasteiger partial charge on any atom is 0.278 e. The van der Waals surface area contributed by atoms with Gasteiger partial charge in [-0.3, -0.25) is 19.3 Å². The molecular formula is C28H27N3O5S. The van der Waals surface area contributed by atoms with E-state index in [-0.39, 0.29) is 30.0 Å². The lowest BCUT2D eigenvalue weighted by molar-refractivity contribution is -0.137. The van der Waals surface area contributed by atoms with E-state index in [2.05, 4.69) is 10.6 Å². The van der Waals surface area contributed by atoms with Gasteiger partial charge in [-0.1, -0.05) is 30.0 Å². The molecule has 0 atom stereocenters. The van der Waals surface area contributed by atoms with E-state index in [4.69, 9.17) is 9.47 Å². The van der Waals surface area contributed by atoms with Crippen LogP contribution in [0.3, 0.4) is 0 Å². The van der Waals surface area contributed by atoms with Gasteiger partial charge in [0.15, 0.2) is 0 Å². The van der Waals surface area contributed by atoms with Crippen LogP contribution in [0, 0.1) is 0 Å². The fourth-order valence-electron chi connectivity index (χ4n) is 3.66. The second kappa shape index (κ2) is 12.2. The Labute approximate surface area is 219 Å². The van der Waals surface area contributed by atoms with Crippen LogP contribution in [-0.4, -0.2) is 50.0 Å². The lowest BCUT2D eigenvalue weighted by Gasteiger charge is -2.14. The van der Waals surface area contributed by atoms with Gasteiger partial charge in [-0.2, -0.15) is 0 Å². The molecule has 1 aliphatic heterocycles. The van der Waals surface area contributed by atoms with Gasteiger partial charge < -0.3 is 20.1 Å². The molecule has 9 heteroatoms. The lowest BCUT2D eigenvalue weighted by atomic mass is 10.2. The summed E-state index contributed by atoms with van der Waals surface area (Å²) < 4.78 is 10.2. The van der Waals surface area contributed by atoms with Crippen molar-refractivity contribution >= 4 is 40.9 Å².